The quantitative estimate of drug-likeness (QED) is 0.166. The highest BCUT2D eigenvalue weighted by Gasteiger charge is 2.22. The van der Waals surface area contributed by atoms with Gasteiger partial charge in [-0.1, -0.05) is 170 Å². The Bertz CT molecular complexity index is 2890. The molecule has 2 nitrogen and oxygen atoms in total. The molecular formula is C52H35NO. The second-order valence-electron chi connectivity index (χ2n) is 13.7. The molecule has 0 aliphatic carbocycles. The molecule has 0 atom stereocenters. The fourth-order valence-electron chi connectivity index (χ4n) is 7.86. The van der Waals surface area contributed by atoms with Gasteiger partial charge in [0.2, 0.25) is 0 Å². The number of benzene rings is 9. The van der Waals surface area contributed by atoms with E-state index in [1.807, 2.05) is 6.07 Å². The molecule has 0 N–H and O–H groups in total. The third-order valence-electron chi connectivity index (χ3n) is 10.5. The maximum atomic E-state index is 6.52. The number of para-hydroxylation sites is 2. The number of nitrogens with zero attached hydrogens (tertiary/aromatic N) is 1. The van der Waals surface area contributed by atoms with Gasteiger partial charge in [-0.15, -0.1) is 0 Å². The van der Waals surface area contributed by atoms with Gasteiger partial charge in [0.05, 0.1) is 5.69 Å². The Balaban J connectivity index is 1.14. The lowest BCUT2D eigenvalue weighted by molar-refractivity contribution is 0.669. The molecule has 1 heterocycles. The first-order valence-corrected chi connectivity index (χ1v) is 18.4. The summed E-state index contributed by atoms with van der Waals surface area (Å²) in [6, 6.07) is 75.8. The summed E-state index contributed by atoms with van der Waals surface area (Å²) in [5.74, 6) is 0. The van der Waals surface area contributed by atoms with Crippen molar-refractivity contribution in [1.82, 2.24) is 0 Å². The predicted octanol–water partition coefficient (Wildman–Crippen LogP) is 14.9. The molecule has 0 aliphatic rings. The van der Waals surface area contributed by atoms with Gasteiger partial charge in [-0.05, 0) is 86.6 Å². The molecule has 10 rings (SSSR count). The summed E-state index contributed by atoms with van der Waals surface area (Å²) in [6.45, 7) is 0. The molecule has 0 bridgehead atoms. The van der Waals surface area contributed by atoms with Crippen LogP contribution < -0.4 is 4.90 Å². The molecule has 0 unspecified atom stereocenters. The zero-order chi connectivity index (χ0) is 35.8. The smallest absolute Gasteiger partial charge is 0.136 e. The van der Waals surface area contributed by atoms with Crippen LogP contribution in [0.2, 0.25) is 0 Å². The third-order valence-corrected chi connectivity index (χ3v) is 10.5. The van der Waals surface area contributed by atoms with Crippen molar-refractivity contribution in [2.45, 2.75) is 0 Å². The lowest BCUT2D eigenvalue weighted by atomic mass is 9.91. The molecule has 0 saturated carbocycles. The van der Waals surface area contributed by atoms with Gasteiger partial charge in [-0.3, -0.25) is 0 Å². The number of fused-ring (bicyclic) bond motifs is 4. The fraction of sp³-hybridized carbons (Fsp3) is 0. The van der Waals surface area contributed by atoms with E-state index < -0.39 is 0 Å². The molecule has 1 aromatic heterocycles. The van der Waals surface area contributed by atoms with Gasteiger partial charge in [-0.25, -0.2) is 0 Å². The minimum absolute atomic E-state index is 0.890. The maximum Gasteiger partial charge on any atom is 0.136 e. The van der Waals surface area contributed by atoms with E-state index in [-0.39, 0.29) is 0 Å². The lowest BCUT2D eigenvalue weighted by Gasteiger charge is -2.28. The van der Waals surface area contributed by atoms with E-state index in [4.69, 9.17) is 4.42 Å². The first-order chi connectivity index (χ1) is 26.8. The molecule has 54 heavy (non-hydrogen) atoms. The van der Waals surface area contributed by atoms with E-state index in [1.54, 1.807) is 0 Å². The summed E-state index contributed by atoms with van der Waals surface area (Å²) in [5, 5.41) is 4.59. The molecule has 0 fully saturated rings. The minimum Gasteiger partial charge on any atom is -0.456 e. The van der Waals surface area contributed by atoms with E-state index >= 15 is 0 Å². The van der Waals surface area contributed by atoms with Gasteiger partial charge in [0.15, 0.2) is 0 Å². The highest BCUT2D eigenvalue weighted by molar-refractivity contribution is 6.22. The van der Waals surface area contributed by atoms with E-state index in [9.17, 15) is 0 Å². The summed E-state index contributed by atoms with van der Waals surface area (Å²) in [4.78, 5) is 2.39. The van der Waals surface area contributed by atoms with Gasteiger partial charge >= 0.3 is 0 Å². The van der Waals surface area contributed by atoms with Crippen LogP contribution in [0, 0.1) is 0 Å². The van der Waals surface area contributed by atoms with Crippen LogP contribution in [-0.4, -0.2) is 0 Å². The van der Waals surface area contributed by atoms with Crippen LogP contribution in [0.1, 0.15) is 0 Å². The summed E-state index contributed by atoms with van der Waals surface area (Å²) in [6.07, 6.45) is 0. The van der Waals surface area contributed by atoms with Crippen LogP contribution in [0.25, 0.3) is 77.2 Å². The molecular weight excluding hydrogens is 655 g/mol. The van der Waals surface area contributed by atoms with E-state index in [0.717, 1.165) is 50.0 Å². The van der Waals surface area contributed by atoms with Crippen molar-refractivity contribution < 1.29 is 4.42 Å². The zero-order valence-electron chi connectivity index (χ0n) is 29.6. The average molecular weight is 690 g/mol. The number of hydrogen-bond acceptors (Lipinski definition) is 2. The van der Waals surface area contributed by atoms with Crippen molar-refractivity contribution in [2.75, 3.05) is 4.90 Å². The third kappa shape index (κ3) is 5.62. The minimum atomic E-state index is 0.890. The van der Waals surface area contributed by atoms with Gasteiger partial charge in [-0.2, -0.15) is 0 Å². The Morgan fingerprint density at radius 3 is 1.37 bits per heavy atom. The van der Waals surface area contributed by atoms with Gasteiger partial charge in [0.1, 0.15) is 11.2 Å². The Morgan fingerprint density at radius 1 is 0.333 bits per heavy atom. The van der Waals surface area contributed by atoms with E-state index in [2.05, 4.69) is 211 Å². The number of rotatable bonds is 7. The second-order valence-corrected chi connectivity index (χ2v) is 13.7. The van der Waals surface area contributed by atoms with Crippen LogP contribution in [-0.2, 0) is 0 Å². The summed E-state index contributed by atoms with van der Waals surface area (Å²) < 4.78 is 6.52. The van der Waals surface area contributed by atoms with Crippen molar-refractivity contribution in [3.63, 3.8) is 0 Å². The van der Waals surface area contributed by atoms with Crippen LogP contribution >= 0.6 is 0 Å². The SMILES string of the molecule is c1ccc(-c2ccc(-c3ccc(N(c4ccc(-c5ccccc5)cc4)c4ccccc4-c4c5ccccc5cc5oc6ccccc6c45)cc3)cc2)cc1. The first-order valence-electron chi connectivity index (χ1n) is 18.4. The molecule has 10 aromatic rings. The topological polar surface area (TPSA) is 16.4 Å². The highest BCUT2D eigenvalue weighted by atomic mass is 16.3. The molecule has 0 aliphatic heterocycles. The van der Waals surface area contributed by atoms with Gasteiger partial charge in [0, 0.05) is 33.3 Å². The predicted molar refractivity (Wildman–Crippen MR) is 228 cm³/mol. The van der Waals surface area contributed by atoms with Crippen molar-refractivity contribution >= 4 is 49.8 Å². The number of furan rings is 1. The molecule has 254 valence electrons. The van der Waals surface area contributed by atoms with Crippen LogP contribution in [0.4, 0.5) is 17.1 Å². The molecule has 0 spiro atoms. The fourth-order valence-corrected chi connectivity index (χ4v) is 7.86. The molecule has 0 amide bonds. The van der Waals surface area contributed by atoms with Gasteiger partial charge < -0.3 is 9.32 Å². The molecule has 0 saturated heterocycles. The summed E-state index contributed by atoms with van der Waals surface area (Å²) >= 11 is 0. The van der Waals surface area contributed by atoms with Crippen molar-refractivity contribution in [3.05, 3.63) is 212 Å². The van der Waals surface area contributed by atoms with Crippen LogP contribution in [0.15, 0.2) is 217 Å². The maximum absolute atomic E-state index is 6.52. The number of anilines is 3. The number of hydrogen-bond donors (Lipinski definition) is 0. The average Bonchev–Trinajstić information content (AvgIpc) is 3.62. The normalized spacial score (nSPS) is 11.3. The Labute approximate surface area is 314 Å². The second kappa shape index (κ2) is 13.4. The zero-order valence-corrected chi connectivity index (χ0v) is 29.6. The summed E-state index contributed by atoms with van der Waals surface area (Å²) in [5.41, 5.74) is 14.5. The van der Waals surface area contributed by atoms with E-state index in [0.29, 0.717) is 0 Å². The molecule has 0 radical (unpaired) electrons. The highest BCUT2D eigenvalue weighted by Crippen LogP contribution is 2.48. The monoisotopic (exact) mass is 689 g/mol. The Hall–Kier alpha value is -7.16. The summed E-state index contributed by atoms with van der Waals surface area (Å²) in [7, 11) is 0. The van der Waals surface area contributed by atoms with E-state index in [1.165, 1.54) is 44.3 Å². The van der Waals surface area contributed by atoms with Crippen molar-refractivity contribution in [2.24, 2.45) is 0 Å². The Morgan fingerprint density at radius 2 is 0.778 bits per heavy atom. The van der Waals surface area contributed by atoms with Crippen molar-refractivity contribution in [1.29, 1.82) is 0 Å². The van der Waals surface area contributed by atoms with Crippen LogP contribution in [0.3, 0.4) is 0 Å². The standard InChI is InChI=1S/C52H35NO/c1-3-13-36(14-4-1)38-23-25-39(26-24-38)41-29-33-44(34-30-41)53(43-31-27-40(28-32-43)37-15-5-2-6-16-37)48-21-11-9-19-46(48)51-45-18-8-7-17-42(45)35-50-52(51)47-20-10-12-22-49(47)54-50/h1-35H. The van der Waals surface area contributed by atoms with Crippen LogP contribution in [0.5, 0.6) is 0 Å². The Kier molecular flexibility index (Phi) is 7.85. The lowest BCUT2D eigenvalue weighted by Crippen LogP contribution is -2.11. The first kappa shape index (κ1) is 31.6. The largest absolute Gasteiger partial charge is 0.456 e. The molecule has 9 aromatic carbocycles. The molecule has 2 heteroatoms. The van der Waals surface area contributed by atoms with Gasteiger partial charge in [0.25, 0.3) is 0 Å². The van der Waals surface area contributed by atoms with Crippen molar-refractivity contribution in [3.8, 4) is 44.5 Å².